The number of hydrogen-bond acceptors (Lipinski definition) is 6. The summed E-state index contributed by atoms with van der Waals surface area (Å²) in [6.45, 7) is 3.81. The first kappa shape index (κ1) is 17.4. The number of nitrogens with one attached hydrogen (secondary N) is 1. The zero-order valence-corrected chi connectivity index (χ0v) is 15.1. The smallest absolute Gasteiger partial charge is 0.340 e. The lowest BCUT2D eigenvalue weighted by atomic mass is 10.1. The summed E-state index contributed by atoms with van der Waals surface area (Å²) in [5, 5.41) is 8.00. The van der Waals surface area contributed by atoms with E-state index < -0.39 is 11.2 Å². The number of hydrogen-bond donors (Lipinski definition) is 1. The van der Waals surface area contributed by atoms with Gasteiger partial charge in [0, 0.05) is 27.9 Å². The van der Waals surface area contributed by atoms with Crippen molar-refractivity contribution in [2.75, 3.05) is 5.32 Å². The molecule has 6 nitrogen and oxygen atoms in total. The van der Waals surface area contributed by atoms with Gasteiger partial charge in [0.05, 0.1) is 5.69 Å². The van der Waals surface area contributed by atoms with Crippen LogP contribution in [0.25, 0.3) is 17.0 Å². The Bertz CT molecular complexity index is 1110. The lowest BCUT2D eigenvalue weighted by molar-refractivity contribution is -0.137. The van der Waals surface area contributed by atoms with Crippen LogP contribution < -0.4 is 5.32 Å². The number of thiazole rings is 1. The molecule has 0 aliphatic rings. The summed E-state index contributed by atoms with van der Waals surface area (Å²) < 4.78 is 39.7. The molecule has 10 heteroatoms. The van der Waals surface area contributed by atoms with Gasteiger partial charge < -0.3 is 5.32 Å². The quantitative estimate of drug-likeness (QED) is 0.553. The van der Waals surface area contributed by atoms with Crippen LogP contribution in [0.1, 0.15) is 16.3 Å². The second kappa shape index (κ2) is 6.31. The Balaban J connectivity index is 1.63. The molecule has 3 aromatic heterocycles. The zero-order chi connectivity index (χ0) is 19.2. The van der Waals surface area contributed by atoms with E-state index in [1.54, 1.807) is 28.8 Å². The third-order valence-electron chi connectivity index (χ3n) is 4.10. The molecule has 0 amide bonds. The van der Waals surface area contributed by atoms with Gasteiger partial charge in [-0.2, -0.15) is 27.8 Å². The van der Waals surface area contributed by atoms with Gasteiger partial charge in [0.25, 0.3) is 5.78 Å². The number of rotatable bonds is 3. The highest BCUT2D eigenvalue weighted by atomic mass is 32.1. The monoisotopic (exact) mass is 390 g/mol. The van der Waals surface area contributed by atoms with Gasteiger partial charge in [-0.15, -0.1) is 11.3 Å². The predicted octanol–water partition coefficient (Wildman–Crippen LogP) is 4.63. The number of benzene rings is 1. The summed E-state index contributed by atoms with van der Waals surface area (Å²) in [7, 11) is 0. The Morgan fingerprint density at radius 3 is 2.48 bits per heavy atom. The van der Waals surface area contributed by atoms with E-state index in [4.69, 9.17) is 0 Å². The lowest BCUT2D eigenvalue weighted by Crippen LogP contribution is -2.06. The van der Waals surface area contributed by atoms with Crippen LogP contribution in [-0.4, -0.2) is 24.6 Å². The van der Waals surface area contributed by atoms with E-state index in [-0.39, 0.29) is 0 Å². The number of anilines is 2. The summed E-state index contributed by atoms with van der Waals surface area (Å²) in [6, 6.07) is 7.00. The van der Waals surface area contributed by atoms with Crippen LogP contribution in [0.2, 0.25) is 0 Å². The van der Waals surface area contributed by atoms with Gasteiger partial charge in [-0.1, -0.05) is 12.1 Å². The number of halogens is 3. The molecule has 0 atom stereocenters. The number of nitrogens with zero attached hydrogens (tertiary/aromatic N) is 5. The number of fused-ring (bicyclic) bond motifs is 1. The van der Waals surface area contributed by atoms with Gasteiger partial charge in [-0.05, 0) is 26.0 Å². The average molecular weight is 390 g/mol. The van der Waals surface area contributed by atoms with Crippen molar-refractivity contribution in [3.8, 4) is 11.3 Å². The lowest BCUT2D eigenvalue weighted by Gasteiger charge is -2.12. The maximum absolute atomic E-state index is 12.7. The molecule has 4 rings (SSSR count). The Kier molecular flexibility index (Phi) is 4.06. The second-order valence-electron chi connectivity index (χ2n) is 5.88. The summed E-state index contributed by atoms with van der Waals surface area (Å²) in [4.78, 5) is 12.1. The average Bonchev–Trinajstić information content (AvgIpc) is 3.28. The van der Waals surface area contributed by atoms with Gasteiger partial charge in [-0.25, -0.2) is 9.97 Å². The third kappa shape index (κ3) is 3.23. The van der Waals surface area contributed by atoms with Crippen molar-refractivity contribution in [1.82, 2.24) is 24.6 Å². The molecule has 0 spiro atoms. The predicted molar refractivity (Wildman–Crippen MR) is 96.1 cm³/mol. The molecule has 0 aliphatic carbocycles. The second-order valence-corrected chi connectivity index (χ2v) is 6.74. The minimum absolute atomic E-state index is 0.300. The van der Waals surface area contributed by atoms with Crippen LogP contribution in [0.3, 0.4) is 0 Å². The Labute approximate surface area is 155 Å². The van der Waals surface area contributed by atoms with Crippen LogP contribution in [0.15, 0.2) is 36.0 Å². The SMILES string of the molecule is Cc1nc2ncnn2c(Nc2ccc(-c3csc(C(F)(F)F)n3)cc2)c1C. The Morgan fingerprint density at radius 2 is 1.81 bits per heavy atom. The fraction of sp³-hybridized carbons (Fsp3) is 0.176. The molecule has 0 aliphatic heterocycles. The largest absolute Gasteiger partial charge is 0.443 e. The normalized spacial score (nSPS) is 11.9. The maximum Gasteiger partial charge on any atom is 0.443 e. The summed E-state index contributed by atoms with van der Waals surface area (Å²) in [6.07, 6.45) is -3.00. The van der Waals surface area contributed by atoms with Crippen LogP contribution in [0.4, 0.5) is 24.7 Å². The van der Waals surface area contributed by atoms with Crippen molar-refractivity contribution >= 4 is 28.6 Å². The highest BCUT2D eigenvalue weighted by Crippen LogP contribution is 2.34. The fourth-order valence-corrected chi connectivity index (χ4v) is 3.27. The molecule has 4 aromatic rings. The maximum atomic E-state index is 12.7. The van der Waals surface area contributed by atoms with E-state index >= 15 is 0 Å². The summed E-state index contributed by atoms with van der Waals surface area (Å²) in [5.74, 6) is 1.22. The van der Waals surface area contributed by atoms with Gasteiger partial charge in [-0.3, -0.25) is 0 Å². The van der Waals surface area contributed by atoms with Crippen LogP contribution in [0, 0.1) is 13.8 Å². The van der Waals surface area contributed by atoms with E-state index in [0.29, 0.717) is 28.4 Å². The first-order valence-electron chi connectivity index (χ1n) is 7.90. The molecule has 0 unspecified atom stereocenters. The highest BCUT2D eigenvalue weighted by Gasteiger charge is 2.34. The number of aromatic nitrogens is 5. The van der Waals surface area contributed by atoms with Crippen LogP contribution in [-0.2, 0) is 6.18 Å². The van der Waals surface area contributed by atoms with Gasteiger partial charge >= 0.3 is 6.18 Å². The number of alkyl halides is 3. The molecule has 1 aromatic carbocycles. The Morgan fingerprint density at radius 1 is 1.07 bits per heavy atom. The van der Waals surface area contributed by atoms with E-state index in [2.05, 4.69) is 25.4 Å². The van der Waals surface area contributed by atoms with Gasteiger partial charge in [0.1, 0.15) is 12.1 Å². The summed E-state index contributed by atoms with van der Waals surface area (Å²) >= 11 is 0.587. The van der Waals surface area contributed by atoms with Crippen molar-refractivity contribution < 1.29 is 13.2 Å². The molecule has 0 fully saturated rings. The molecule has 27 heavy (non-hydrogen) atoms. The third-order valence-corrected chi connectivity index (χ3v) is 4.98. The molecule has 0 saturated heterocycles. The molecule has 0 saturated carbocycles. The minimum atomic E-state index is -4.43. The first-order valence-corrected chi connectivity index (χ1v) is 8.78. The zero-order valence-electron chi connectivity index (χ0n) is 14.2. The molecule has 0 radical (unpaired) electrons. The van der Waals surface area contributed by atoms with E-state index in [0.717, 1.165) is 22.8 Å². The van der Waals surface area contributed by atoms with Crippen molar-refractivity contribution in [2.45, 2.75) is 20.0 Å². The summed E-state index contributed by atoms with van der Waals surface area (Å²) in [5.41, 5.74) is 3.42. The molecule has 0 bridgehead atoms. The van der Waals surface area contributed by atoms with E-state index in [9.17, 15) is 13.2 Å². The van der Waals surface area contributed by atoms with Gasteiger partial charge in [0.15, 0.2) is 5.01 Å². The molecule has 3 heterocycles. The number of aryl methyl sites for hydroxylation is 1. The van der Waals surface area contributed by atoms with Crippen LogP contribution >= 0.6 is 11.3 Å². The van der Waals surface area contributed by atoms with Crippen molar-refractivity contribution in [3.05, 3.63) is 52.2 Å². The van der Waals surface area contributed by atoms with Crippen molar-refractivity contribution in [3.63, 3.8) is 0 Å². The fourth-order valence-electron chi connectivity index (χ4n) is 2.58. The molecular formula is C17H13F3N6S. The van der Waals surface area contributed by atoms with E-state index in [1.165, 1.54) is 11.7 Å². The molecule has 138 valence electrons. The standard InChI is InChI=1S/C17H13F3N6S/c1-9-10(2)23-16-21-8-22-26(16)14(9)24-12-5-3-11(4-6-12)13-7-27-15(25-13)17(18,19)20/h3-8,24H,1-2H3. The van der Waals surface area contributed by atoms with Crippen LogP contribution in [0.5, 0.6) is 0 Å². The topological polar surface area (TPSA) is 68.0 Å². The minimum Gasteiger partial charge on any atom is -0.340 e. The van der Waals surface area contributed by atoms with Crippen molar-refractivity contribution in [1.29, 1.82) is 0 Å². The van der Waals surface area contributed by atoms with E-state index in [1.807, 2.05) is 13.8 Å². The highest BCUT2D eigenvalue weighted by molar-refractivity contribution is 7.10. The Hall–Kier alpha value is -3.01. The van der Waals surface area contributed by atoms with Gasteiger partial charge in [0.2, 0.25) is 0 Å². The first-order chi connectivity index (χ1) is 12.8. The molecular weight excluding hydrogens is 377 g/mol. The molecule has 1 N–H and O–H groups in total. The van der Waals surface area contributed by atoms with Crippen molar-refractivity contribution in [2.24, 2.45) is 0 Å².